The van der Waals surface area contributed by atoms with Gasteiger partial charge in [-0.1, -0.05) is 25.0 Å². The maximum atomic E-state index is 12.3. The number of hydrogen-bond acceptors (Lipinski definition) is 9. The summed E-state index contributed by atoms with van der Waals surface area (Å²) < 4.78 is 16.6. The number of rotatable bonds is 6. The zero-order chi connectivity index (χ0) is 21.7. The standard InChI is InChI=1S/C21H28O9/c22-11-16-18(26)19(27)20(21(29-16)28-15-4-2-1-3-14(15)24)30-17(25)10-7-12-5-8-13(23)9-6-12/h5-10,14-16,18-24,26-27H,1-4,11H2/b10-7+/t14-,15+,16-,18-,19+,20-,21-/m1/s1. The average molecular weight is 424 g/mol. The van der Waals surface area contributed by atoms with Gasteiger partial charge in [0, 0.05) is 6.08 Å². The Balaban J connectivity index is 1.70. The van der Waals surface area contributed by atoms with Crippen LogP contribution in [0.2, 0.25) is 0 Å². The van der Waals surface area contributed by atoms with Crippen LogP contribution in [0.25, 0.3) is 6.08 Å². The summed E-state index contributed by atoms with van der Waals surface area (Å²) in [5, 5.41) is 49.5. The van der Waals surface area contributed by atoms with Crippen LogP contribution in [-0.2, 0) is 19.0 Å². The van der Waals surface area contributed by atoms with Crippen LogP contribution in [0, 0.1) is 0 Å². The number of carbonyl (C=O) groups is 1. The van der Waals surface area contributed by atoms with Crippen LogP contribution in [0.15, 0.2) is 30.3 Å². The summed E-state index contributed by atoms with van der Waals surface area (Å²) >= 11 is 0. The molecular weight excluding hydrogens is 396 g/mol. The fourth-order valence-electron chi connectivity index (χ4n) is 3.62. The first kappa shape index (κ1) is 22.7. The Morgan fingerprint density at radius 1 is 1.10 bits per heavy atom. The molecule has 1 heterocycles. The van der Waals surface area contributed by atoms with Gasteiger partial charge < -0.3 is 39.7 Å². The van der Waals surface area contributed by atoms with Gasteiger partial charge in [0.15, 0.2) is 12.4 Å². The number of hydrogen-bond donors (Lipinski definition) is 5. The van der Waals surface area contributed by atoms with Gasteiger partial charge in [-0.25, -0.2) is 4.79 Å². The second kappa shape index (κ2) is 10.3. The molecular formula is C21H28O9. The van der Waals surface area contributed by atoms with Crippen LogP contribution in [0.5, 0.6) is 5.75 Å². The Kier molecular flexibility index (Phi) is 7.81. The lowest BCUT2D eigenvalue weighted by Crippen LogP contribution is -2.61. The molecule has 0 aromatic heterocycles. The lowest BCUT2D eigenvalue weighted by atomic mass is 9.94. The smallest absolute Gasteiger partial charge is 0.331 e. The van der Waals surface area contributed by atoms with E-state index in [0.29, 0.717) is 18.4 Å². The molecule has 9 nitrogen and oxygen atoms in total. The Labute approximate surface area is 174 Å². The molecule has 1 saturated carbocycles. The molecule has 0 radical (unpaired) electrons. The first-order chi connectivity index (χ1) is 14.4. The van der Waals surface area contributed by atoms with Gasteiger partial charge in [0.05, 0.1) is 18.8 Å². The van der Waals surface area contributed by atoms with Crippen molar-refractivity contribution in [2.24, 2.45) is 0 Å². The van der Waals surface area contributed by atoms with E-state index in [4.69, 9.17) is 14.2 Å². The number of phenols is 1. The van der Waals surface area contributed by atoms with E-state index >= 15 is 0 Å². The molecule has 1 aromatic rings. The molecule has 1 aliphatic heterocycles. The molecule has 3 rings (SSSR count). The predicted molar refractivity (Wildman–Crippen MR) is 104 cm³/mol. The van der Waals surface area contributed by atoms with Gasteiger partial charge >= 0.3 is 5.97 Å². The summed E-state index contributed by atoms with van der Waals surface area (Å²) in [5.41, 5.74) is 0.642. The normalized spacial score (nSPS) is 34.7. The Morgan fingerprint density at radius 3 is 2.47 bits per heavy atom. The van der Waals surface area contributed by atoms with E-state index in [-0.39, 0.29) is 5.75 Å². The van der Waals surface area contributed by atoms with E-state index in [9.17, 15) is 30.3 Å². The van der Waals surface area contributed by atoms with Crippen LogP contribution in [-0.4, -0.2) is 81.0 Å². The van der Waals surface area contributed by atoms with Crippen LogP contribution < -0.4 is 0 Å². The number of aromatic hydroxyl groups is 1. The highest BCUT2D eigenvalue weighted by Crippen LogP contribution is 2.29. The minimum absolute atomic E-state index is 0.0921. The van der Waals surface area contributed by atoms with Crippen LogP contribution in [0.4, 0.5) is 0 Å². The number of phenolic OH excluding ortho intramolecular Hbond substituents is 1. The molecule has 5 N–H and O–H groups in total. The minimum Gasteiger partial charge on any atom is -0.508 e. The van der Waals surface area contributed by atoms with Gasteiger partial charge in [0.25, 0.3) is 0 Å². The predicted octanol–water partition coefficient (Wildman–Crippen LogP) is 0.0763. The summed E-state index contributed by atoms with van der Waals surface area (Å²) in [7, 11) is 0. The van der Waals surface area contributed by atoms with Crippen molar-refractivity contribution >= 4 is 12.0 Å². The summed E-state index contributed by atoms with van der Waals surface area (Å²) in [6, 6.07) is 6.14. The van der Waals surface area contributed by atoms with E-state index < -0.39 is 55.5 Å². The molecule has 166 valence electrons. The summed E-state index contributed by atoms with van der Waals surface area (Å²) in [6.45, 7) is -0.563. The maximum absolute atomic E-state index is 12.3. The maximum Gasteiger partial charge on any atom is 0.331 e. The third-order valence-electron chi connectivity index (χ3n) is 5.36. The number of esters is 1. The Morgan fingerprint density at radius 2 is 1.80 bits per heavy atom. The van der Waals surface area contributed by atoms with Gasteiger partial charge in [-0.15, -0.1) is 0 Å². The molecule has 1 aliphatic carbocycles. The third kappa shape index (κ3) is 5.57. The molecule has 2 aliphatic rings. The van der Waals surface area contributed by atoms with Gasteiger partial charge in [-0.3, -0.25) is 0 Å². The zero-order valence-corrected chi connectivity index (χ0v) is 16.4. The van der Waals surface area contributed by atoms with Crippen molar-refractivity contribution < 1.29 is 44.5 Å². The minimum atomic E-state index is -1.55. The van der Waals surface area contributed by atoms with Gasteiger partial charge in [0.1, 0.15) is 24.1 Å². The van der Waals surface area contributed by atoms with Crippen molar-refractivity contribution in [1.29, 1.82) is 0 Å². The van der Waals surface area contributed by atoms with Crippen molar-refractivity contribution in [2.45, 2.75) is 68.6 Å². The van der Waals surface area contributed by atoms with Crippen molar-refractivity contribution in [3.63, 3.8) is 0 Å². The number of aliphatic hydroxyl groups excluding tert-OH is 4. The fourth-order valence-corrected chi connectivity index (χ4v) is 3.62. The van der Waals surface area contributed by atoms with E-state index in [0.717, 1.165) is 18.9 Å². The quantitative estimate of drug-likeness (QED) is 0.316. The lowest BCUT2D eigenvalue weighted by Gasteiger charge is -2.43. The topological polar surface area (TPSA) is 146 Å². The van der Waals surface area contributed by atoms with Gasteiger partial charge in [0.2, 0.25) is 0 Å². The number of ether oxygens (including phenoxy) is 3. The first-order valence-electron chi connectivity index (χ1n) is 10.0. The highest BCUT2D eigenvalue weighted by molar-refractivity contribution is 5.87. The average Bonchev–Trinajstić information content (AvgIpc) is 2.74. The lowest BCUT2D eigenvalue weighted by molar-refractivity contribution is -0.320. The number of carbonyl (C=O) groups excluding carboxylic acids is 1. The molecule has 30 heavy (non-hydrogen) atoms. The van der Waals surface area contributed by atoms with Crippen molar-refractivity contribution in [2.75, 3.05) is 6.61 Å². The molecule has 1 aromatic carbocycles. The molecule has 0 unspecified atom stereocenters. The van der Waals surface area contributed by atoms with E-state index in [1.807, 2.05) is 0 Å². The zero-order valence-electron chi connectivity index (χ0n) is 16.4. The largest absolute Gasteiger partial charge is 0.508 e. The summed E-state index contributed by atoms with van der Waals surface area (Å²) in [4.78, 5) is 12.3. The molecule has 0 amide bonds. The van der Waals surface area contributed by atoms with Crippen molar-refractivity contribution in [3.05, 3.63) is 35.9 Å². The fraction of sp³-hybridized carbons (Fsp3) is 0.571. The number of benzene rings is 1. The highest BCUT2D eigenvalue weighted by atomic mass is 16.7. The molecule has 0 bridgehead atoms. The van der Waals surface area contributed by atoms with Crippen LogP contribution >= 0.6 is 0 Å². The molecule has 1 saturated heterocycles. The van der Waals surface area contributed by atoms with Crippen molar-refractivity contribution in [3.8, 4) is 5.75 Å². The molecule has 2 fully saturated rings. The highest BCUT2D eigenvalue weighted by Gasteiger charge is 2.48. The summed E-state index contributed by atoms with van der Waals surface area (Å²) in [5.74, 6) is -0.710. The van der Waals surface area contributed by atoms with Crippen molar-refractivity contribution in [1.82, 2.24) is 0 Å². The SMILES string of the molecule is O=C(/C=C/c1ccc(O)cc1)O[C@H]1[C@H](O[C@H]2CCCC[C@H]2O)O[C@H](CO)[C@@H](O)[C@@H]1O. The van der Waals surface area contributed by atoms with Crippen LogP contribution in [0.3, 0.4) is 0 Å². The Bertz CT molecular complexity index is 720. The first-order valence-corrected chi connectivity index (χ1v) is 10.0. The van der Waals surface area contributed by atoms with Gasteiger partial charge in [-0.2, -0.15) is 0 Å². The van der Waals surface area contributed by atoms with Crippen LogP contribution in [0.1, 0.15) is 31.2 Å². The second-order valence-electron chi connectivity index (χ2n) is 7.56. The monoisotopic (exact) mass is 424 g/mol. The van der Waals surface area contributed by atoms with Gasteiger partial charge in [-0.05, 0) is 36.6 Å². The van der Waals surface area contributed by atoms with E-state index in [1.165, 1.54) is 18.2 Å². The van der Waals surface area contributed by atoms with E-state index in [2.05, 4.69) is 0 Å². The second-order valence-corrected chi connectivity index (χ2v) is 7.56. The number of aliphatic hydroxyl groups is 4. The molecule has 0 spiro atoms. The van der Waals surface area contributed by atoms with E-state index in [1.54, 1.807) is 12.1 Å². The molecule has 9 heteroatoms. The third-order valence-corrected chi connectivity index (χ3v) is 5.36. The molecule has 7 atom stereocenters. The Hall–Kier alpha value is -2.01. The summed E-state index contributed by atoms with van der Waals surface area (Å²) in [6.07, 6.45) is -2.59.